The number of hydrogen-bond acceptors (Lipinski definition) is 4. The van der Waals surface area contributed by atoms with E-state index in [0.29, 0.717) is 6.54 Å². The smallest absolute Gasteiger partial charge is 0.320 e. The number of hydrogen-bond donors (Lipinski definition) is 1. The molecule has 1 amide bonds. The summed E-state index contributed by atoms with van der Waals surface area (Å²) < 4.78 is 9.95. The zero-order chi connectivity index (χ0) is 12.2. The van der Waals surface area contributed by atoms with Crippen LogP contribution < -0.4 is 5.32 Å². The zero-order valence-electron chi connectivity index (χ0n) is 10.0. The number of amides is 1. The monoisotopic (exact) mass is 229 g/mol. The molecule has 1 aliphatic heterocycles. The minimum atomic E-state index is -1.15. The molecule has 0 aliphatic carbocycles. The molecular weight excluding hydrogens is 210 g/mol. The van der Waals surface area contributed by atoms with Gasteiger partial charge in [0.2, 0.25) is 5.91 Å². The predicted octanol–water partition coefficient (Wildman–Crippen LogP) is 0.481. The number of esters is 1. The Labute approximate surface area is 95.5 Å². The van der Waals surface area contributed by atoms with Crippen molar-refractivity contribution in [3.63, 3.8) is 0 Å². The van der Waals surface area contributed by atoms with Crippen LogP contribution in [0.25, 0.3) is 0 Å². The van der Waals surface area contributed by atoms with Crippen LogP contribution in [-0.4, -0.2) is 38.2 Å². The molecule has 1 heterocycles. The van der Waals surface area contributed by atoms with E-state index in [4.69, 9.17) is 4.74 Å². The molecule has 0 aromatic heterocycles. The molecule has 1 fully saturated rings. The van der Waals surface area contributed by atoms with Crippen LogP contribution in [0, 0.1) is 5.41 Å². The fourth-order valence-electron chi connectivity index (χ4n) is 1.58. The summed E-state index contributed by atoms with van der Waals surface area (Å²) in [6.07, 6.45) is 2.07. The first-order valence-corrected chi connectivity index (χ1v) is 5.47. The Bertz CT molecular complexity index is 269. The molecule has 5 heteroatoms. The van der Waals surface area contributed by atoms with Gasteiger partial charge in [-0.2, -0.15) is 0 Å². The van der Waals surface area contributed by atoms with E-state index < -0.39 is 11.4 Å². The highest BCUT2D eigenvalue weighted by atomic mass is 16.5. The van der Waals surface area contributed by atoms with Crippen LogP contribution in [0.3, 0.4) is 0 Å². The van der Waals surface area contributed by atoms with Gasteiger partial charge in [-0.25, -0.2) is 0 Å². The second-order valence-electron chi connectivity index (χ2n) is 4.46. The van der Waals surface area contributed by atoms with E-state index in [0.717, 1.165) is 19.4 Å². The third-order valence-corrected chi connectivity index (χ3v) is 2.78. The van der Waals surface area contributed by atoms with Gasteiger partial charge in [0.05, 0.1) is 13.2 Å². The summed E-state index contributed by atoms with van der Waals surface area (Å²) in [7, 11) is 1.28. The quantitative estimate of drug-likeness (QED) is 0.562. The van der Waals surface area contributed by atoms with Crippen molar-refractivity contribution in [3.8, 4) is 0 Å². The number of rotatable bonds is 4. The molecule has 1 saturated heterocycles. The summed E-state index contributed by atoms with van der Waals surface area (Å²) in [5.74, 6) is -0.854. The van der Waals surface area contributed by atoms with E-state index in [1.54, 1.807) is 13.8 Å². The maximum Gasteiger partial charge on any atom is 0.320 e. The van der Waals surface area contributed by atoms with Gasteiger partial charge in [-0.05, 0) is 26.7 Å². The molecular formula is C11H19NO4. The lowest BCUT2D eigenvalue weighted by molar-refractivity contribution is -0.156. The molecule has 1 aliphatic rings. The number of nitrogens with one attached hydrogen (secondary N) is 1. The largest absolute Gasteiger partial charge is 0.468 e. The SMILES string of the molecule is COC(=O)C(C)(C)C(=O)NCC1CCCO1. The number of ether oxygens (including phenoxy) is 2. The average molecular weight is 229 g/mol. The summed E-state index contributed by atoms with van der Waals surface area (Å²) in [4.78, 5) is 23.1. The van der Waals surface area contributed by atoms with Crippen molar-refractivity contribution in [2.24, 2.45) is 5.41 Å². The second-order valence-corrected chi connectivity index (χ2v) is 4.46. The van der Waals surface area contributed by atoms with Crippen LogP contribution in [0.15, 0.2) is 0 Å². The molecule has 1 rings (SSSR count). The van der Waals surface area contributed by atoms with Gasteiger partial charge in [-0.1, -0.05) is 0 Å². The minimum Gasteiger partial charge on any atom is -0.468 e. The van der Waals surface area contributed by atoms with Gasteiger partial charge in [0.25, 0.3) is 0 Å². The van der Waals surface area contributed by atoms with Crippen LogP contribution in [0.4, 0.5) is 0 Å². The molecule has 0 aromatic carbocycles. The first-order valence-electron chi connectivity index (χ1n) is 5.47. The zero-order valence-corrected chi connectivity index (χ0v) is 10.0. The maximum atomic E-state index is 11.8. The molecule has 92 valence electrons. The predicted molar refractivity (Wildman–Crippen MR) is 57.8 cm³/mol. The molecule has 1 N–H and O–H groups in total. The van der Waals surface area contributed by atoms with E-state index in [1.807, 2.05) is 0 Å². The van der Waals surface area contributed by atoms with Crippen molar-refractivity contribution in [2.45, 2.75) is 32.8 Å². The molecule has 0 saturated carbocycles. The van der Waals surface area contributed by atoms with Crippen molar-refractivity contribution >= 4 is 11.9 Å². The van der Waals surface area contributed by atoms with Crippen LogP contribution in [-0.2, 0) is 19.1 Å². The summed E-state index contributed by atoms with van der Waals surface area (Å²) in [6, 6.07) is 0. The Morgan fingerprint density at radius 3 is 2.69 bits per heavy atom. The van der Waals surface area contributed by atoms with Crippen LogP contribution >= 0.6 is 0 Å². The number of carbonyl (C=O) groups is 2. The average Bonchev–Trinajstić information content (AvgIpc) is 2.77. The molecule has 0 spiro atoms. The summed E-state index contributed by atoms with van der Waals surface area (Å²) >= 11 is 0. The number of carbonyl (C=O) groups excluding carboxylic acids is 2. The van der Waals surface area contributed by atoms with Crippen LogP contribution in [0.5, 0.6) is 0 Å². The normalized spacial score (nSPS) is 20.6. The van der Waals surface area contributed by atoms with Gasteiger partial charge in [0, 0.05) is 13.2 Å². The van der Waals surface area contributed by atoms with Crippen LogP contribution in [0.2, 0.25) is 0 Å². The third kappa shape index (κ3) is 2.95. The summed E-state index contributed by atoms with van der Waals surface area (Å²) in [6.45, 7) is 4.30. The van der Waals surface area contributed by atoms with Crippen LogP contribution in [0.1, 0.15) is 26.7 Å². The van der Waals surface area contributed by atoms with Gasteiger partial charge in [-0.3, -0.25) is 9.59 Å². The molecule has 1 atom stereocenters. The van der Waals surface area contributed by atoms with Gasteiger partial charge in [0.1, 0.15) is 5.41 Å². The summed E-state index contributed by atoms with van der Waals surface area (Å²) in [5.41, 5.74) is -1.15. The highest BCUT2D eigenvalue weighted by Gasteiger charge is 2.37. The van der Waals surface area contributed by atoms with Gasteiger partial charge < -0.3 is 14.8 Å². The molecule has 0 bridgehead atoms. The highest BCUT2D eigenvalue weighted by molar-refractivity contribution is 6.01. The van der Waals surface area contributed by atoms with Crippen molar-refractivity contribution in [2.75, 3.05) is 20.3 Å². The summed E-state index contributed by atoms with van der Waals surface area (Å²) in [5, 5.41) is 2.72. The van der Waals surface area contributed by atoms with E-state index in [-0.39, 0.29) is 12.0 Å². The Morgan fingerprint density at radius 2 is 2.19 bits per heavy atom. The van der Waals surface area contributed by atoms with Crippen molar-refractivity contribution in [1.29, 1.82) is 0 Å². The van der Waals surface area contributed by atoms with Crippen molar-refractivity contribution in [1.82, 2.24) is 5.32 Å². The fourth-order valence-corrected chi connectivity index (χ4v) is 1.58. The second kappa shape index (κ2) is 5.30. The Hall–Kier alpha value is -1.10. The molecule has 0 radical (unpaired) electrons. The third-order valence-electron chi connectivity index (χ3n) is 2.78. The van der Waals surface area contributed by atoms with Gasteiger partial charge in [0.15, 0.2) is 0 Å². The molecule has 1 unspecified atom stereocenters. The Balaban J connectivity index is 2.41. The minimum absolute atomic E-state index is 0.0809. The van der Waals surface area contributed by atoms with Gasteiger partial charge >= 0.3 is 5.97 Å². The lowest BCUT2D eigenvalue weighted by atomic mass is 9.92. The lowest BCUT2D eigenvalue weighted by Gasteiger charge is -2.21. The van der Waals surface area contributed by atoms with Crippen molar-refractivity contribution < 1.29 is 19.1 Å². The molecule has 16 heavy (non-hydrogen) atoms. The maximum absolute atomic E-state index is 11.8. The Kier molecular flexibility index (Phi) is 4.29. The fraction of sp³-hybridized carbons (Fsp3) is 0.818. The highest BCUT2D eigenvalue weighted by Crippen LogP contribution is 2.17. The lowest BCUT2D eigenvalue weighted by Crippen LogP contribution is -2.45. The van der Waals surface area contributed by atoms with E-state index in [9.17, 15) is 9.59 Å². The van der Waals surface area contributed by atoms with E-state index in [2.05, 4.69) is 10.1 Å². The van der Waals surface area contributed by atoms with E-state index in [1.165, 1.54) is 7.11 Å². The molecule has 0 aromatic rings. The molecule has 5 nitrogen and oxygen atoms in total. The Morgan fingerprint density at radius 1 is 1.50 bits per heavy atom. The first-order chi connectivity index (χ1) is 7.48. The first kappa shape index (κ1) is 13.0. The standard InChI is InChI=1S/C11H19NO4/c1-11(2,10(14)15-3)9(13)12-7-8-5-4-6-16-8/h8H,4-7H2,1-3H3,(H,12,13). The topological polar surface area (TPSA) is 64.6 Å². The van der Waals surface area contributed by atoms with Crippen molar-refractivity contribution in [3.05, 3.63) is 0 Å². The van der Waals surface area contributed by atoms with Gasteiger partial charge in [-0.15, -0.1) is 0 Å². The number of methoxy groups -OCH3 is 1. The van der Waals surface area contributed by atoms with E-state index >= 15 is 0 Å².